The summed E-state index contributed by atoms with van der Waals surface area (Å²) in [7, 11) is -2.42. The Morgan fingerprint density at radius 2 is 1.83 bits per heavy atom. The van der Waals surface area contributed by atoms with Gasteiger partial charge in [-0.2, -0.15) is 4.31 Å². The van der Waals surface area contributed by atoms with Crippen LogP contribution in [-0.4, -0.2) is 49.6 Å². The minimum absolute atomic E-state index is 0.0647. The number of aryl methyl sites for hydroxylation is 1. The van der Waals surface area contributed by atoms with Crippen LogP contribution in [0.25, 0.3) is 0 Å². The van der Waals surface area contributed by atoms with Crippen molar-refractivity contribution in [2.45, 2.75) is 37.6 Å². The molecule has 1 aliphatic rings. The molecule has 8 heteroatoms. The highest BCUT2D eigenvalue weighted by molar-refractivity contribution is 7.89. The van der Waals surface area contributed by atoms with Crippen molar-refractivity contribution in [3.8, 4) is 0 Å². The van der Waals surface area contributed by atoms with E-state index >= 15 is 0 Å². The molecule has 2 aromatic rings. The Morgan fingerprint density at radius 3 is 2.53 bits per heavy atom. The van der Waals surface area contributed by atoms with Crippen LogP contribution in [0.3, 0.4) is 0 Å². The van der Waals surface area contributed by atoms with Crippen LogP contribution in [0.15, 0.2) is 53.4 Å². The number of benzene rings is 2. The van der Waals surface area contributed by atoms with Gasteiger partial charge in [-0.15, -0.1) is 0 Å². The van der Waals surface area contributed by atoms with Crippen molar-refractivity contribution in [3.63, 3.8) is 0 Å². The Kier molecular flexibility index (Phi) is 6.89. The van der Waals surface area contributed by atoms with Crippen molar-refractivity contribution in [1.82, 2.24) is 9.21 Å². The fraction of sp³-hybridized carbons (Fsp3) is 0.364. The standard InChI is InChI=1S/C22H27N3O4S/c1-3-25(15-17-8-5-4-6-9-17)22(27)16-24(2)30(28,29)19-12-13-20-18(14-19)10-7-11-21(26)23-20/h4-6,8-9,12-14H,3,7,10-11,15-16H2,1-2H3,(H,23,26). The van der Waals surface area contributed by atoms with Gasteiger partial charge in [-0.05, 0) is 49.1 Å². The predicted molar refractivity (Wildman–Crippen MR) is 115 cm³/mol. The van der Waals surface area contributed by atoms with Crippen LogP contribution < -0.4 is 5.32 Å². The van der Waals surface area contributed by atoms with Gasteiger partial charge in [0.05, 0.1) is 11.4 Å². The average molecular weight is 430 g/mol. The Morgan fingerprint density at radius 1 is 1.10 bits per heavy atom. The van der Waals surface area contributed by atoms with Gasteiger partial charge in [-0.3, -0.25) is 9.59 Å². The third kappa shape index (κ3) is 5.06. The number of likely N-dealkylation sites (N-methyl/N-ethyl adjacent to an activating group) is 2. The highest BCUT2D eigenvalue weighted by atomic mass is 32.2. The lowest BCUT2D eigenvalue weighted by molar-refractivity contribution is -0.131. The van der Waals surface area contributed by atoms with E-state index in [1.807, 2.05) is 37.3 Å². The van der Waals surface area contributed by atoms with Gasteiger partial charge in [-0.1, -0.05) is 30.3 Å². The van der Waals surface area contributed by atoms with E-state index in [2.05, 4.69) is 5.32 Å². The molecule has 2 aromatic carbocycles. The quantitative estimate of drug-likeness (QED) is 0.733. The summed E-state index contributed by atoms with van der Waals surface area (Å²) in [6.07, 6.45) is 1.71. The first kappa shape index (κ1) is 22.0. The summed E-state index contributed by atoms with van der Waals surface area (Å²) in [5.74, 6) is -0.320. The van der Waals surface area contributed by atoms with Gasteiger partial charge in [0.2, 0.25) is 21.8 Å². The van der Waals surface area contributed by atoms with Gasteiger partial charge in [0.15, 0.2) is 0 Å². The van der Waals surface area contributed by atoms with Crippen molar-refractivity contribution < 1.29 is 18.0 Å². The topological polar surface area (TPSA) is 86.8 Å². The van der Waals surface area contributed by atoms with Gasteiger partial charge in [0.1, 0.15) is 0 Å². The number of anilines is 1. The monoisotopic (exact) mass is 429 g/mol. The molecule has 7 nitrogen and oxygen atoms in total. The van der Waals surface area contributed by atoms with Crippen LogP contribution in [0.2, 0.25) is 0 Å². The molecule has 0 unspecified atom stereocenters. The van der Waals surface area contributed by atoms with Crippen molar-refractivity contribution in [2.75, 3.05) is 25.5 Å². The minimum Gasteiger partial charge on any atom is -0.338 e. The number of hydrogen-bond acceptors (Lipinski definition) is 4. The molecule has 0 radical (unpaired) electrons. The fourth-order valence-electron chi connectivity index (χ4n) is 3.45. The summed E-state index contributed by atoms with van der Waals surface area (Å²) in [4.78, 5) is 26.2. The predicted octanol–water partition coefficient (Wildman–Crippen LogP) is 2.63. The minimum atomic E-state index is -3.83. The second kappa shape index (κ2) is 9.40. The maximum Gasteiger partial charge on any atom is 0.243 e. The lowest BCUT2D eigenvalue weighted by atomic mass is 10.1. The molecule has 0 saturated heterocycles. The lowest BCUT2D eigenvalue weighted by Crippen LogP contribution is -2.40. The van der Waals surface area contributed by atoms with Crippen molar-refractivity contribution in [1.29, 1.82) is 0 Å². The Labute approximate surface area is 177 Å². The van der Waals surface area contributed by atoms with Gasteiger partial charge in [0.25, 0.3) is 0 Å². The van der Waals surface area contributed by atoms with E-state index in [-0.39, 0.29) is 23.3 Å². The molecule has 0 aliphatic carbocycles. The van der Waals surface area contributed by atoms with Crippen LogP contribution in [0, 0.1) is 0 Å². The van der Waals surface area contributed by atoms with Gasteiger partial charge in [-0.25, -0.2) is 8.42 Å². The SMILES string of the molecule is CCN(Cc1ccccc1)C(=O)CN(C)S(=O)(=O)c1ccc2c(c1)CCCC(=O)N2. The van der Waals surface area contributed by atoms with Crippen LogP contribution in [0.4, 0.5) is 5.69 Å². The van der Waals surface area contributed by atoms with E-state index in [0.717, 1.165) is 15.4 Å². The molecule has 0 spiro atoms. The zero-order chi connectivity index (χ0) is 21.7. The Hall–Kier alpha value is -2.71. The van der Waals surface area contributed by atoms with Crippen LogP contribution in [0.5, 0.6) is 0 Å². The van der Waals surface area contributed by atoms with E-state index in [9.17, 15) is 18.0 Å². The first-order chi connectivity index (χ1) is 14.3. The van der Waals surface area contributed by atoms with Crippen LogP contribution >= 0.6 is 0 Å². The average Bonchev–Trinajstić information content (AvgIpc) is 2.92. The summed E-state index contributed by atoms with van der Waals surface area (Å²) in [6, 6.07) is 14.3. The van der Waals surface area contributed by atoms with E-state index in [4.69, 9.17) is 0 Å². The molecule has 0 fully saturated rings. The highest BCUT2D eigenvalue weighted by Gasteiger charge is 2.26. The number of sulfonamides is 1. The molecule has 2 amide bonds. The third-order valence-corrected chi connectivity index (χ3v) is 7.02. The fourth-order valence-corrected chi connectivity index (χ4v) is 4.62. The molecule has 0 bridgehead atoms. The van der Waals surface area contributed by atoms with Gasteiger partial charge < -0.3 is 10.2 Å². The summed E-state index contributed by atoms with van der Waals surface area (Å²) in [5.41, 5.74) is 2.43. The summed E-state index contributed by atoms with van der Waals surface area (Å²) in [6.45, 7) is 2.55. The van der Waals surface area contributed by atoms with Crippen molar-refractivity contribution in [2.24, 2.45) is 0 Å². The molecule has 0 atom stereocenters. The largest absolute Gasteiger partial charge is 0.338 e. The van der Waals surface area contributed by atoms with Gasteiger partial charge >= 0.3 is 0 Å². The number of fused-ring (bicyclic) bond motifs is 1. The molecule has 1 aliphatic heterocycles. The molecule has 3 rings (SSSR count). The normalized spacial score (nSPS) is 14.0. The number of rotatable bonds is 7. The highest BCUT2D eigenvalue weighted by Crippen LogP contribution is 2.26. The molecule has 30 heavy (non-hydrogen) atoms. The maximum atomic E-state index is 13.0. The molecular weight excluding hydrogens is 402 g/mol. The summed E-state index contributed by atoms with van der Waals surface area (Å²) in [5, 5.41) is 2.80. The van der Waals surface area contributed by atoms with E-state index in [1.54, 1.807) is 17.0 Å². The zero-order valence-electron chi connectivity index (χ0n) is 17.3. The van der Waals surface area contributed by atoms with Crippen molar-refractivity contribution in [3.05, 3.63) is 59.7 Å². The number of amides is 2. The number of carbonyl (C=O) groups excluding carboxylic acids is 2. The maximum absolute atomic E-state index is 13.0. The first-order valence-corrected chi connectivity index (χ1v) is 11.5. The Balaban J connectivity index is 1.73. The van der Waals surface area contributed by atoms with Crippen LogP contribution in [0.1, 0.15) is 30.9 Å². The molecule has 1 heterocycles. The zero-order valence-corrected chi connectivity index (χ0v) is 18.1. The number of nitrogens with zero attached hydrogens (tertiary/aromatic N) is 2. The second-order valence-corrected chi connectivity index (χ2v) is 9.42. The number of nitrogens with one attached hydrogen (secondary N) is 1. The van der Waals surface area contributed by atoms with Crippen molar-refractivity contribution >= 4 is 27.5 Å². The summed E-state index contributed by atoms with van der Waals surface area (Å²) < 4.78 is 27.2. The smallest absolute Gasteiger partial charge is 0.243 e. The molecular formula is C22H27N3O4S. The van der Waals surface area contributed by atoms with Crippen LogP contribution in [-0.2, 0) is 32.6 Å². The molecule has 0 aromatic heterocycles. The second-order valence-electron chi connectivity index (χ2n) is 7.38. The third-order valence-electron chi connectivity index (χ3n) is 5.22. The van der Waals surface area contributed by atoms with E-state index in [1.165, 1.54) is 13.1 Å². The molecule has 0 saturated carbocycles. The lowest BCUT2D eigenvalue weighted by Gasteiger charge is -2.24. The van der Waals surface area contributed by atoms with E-state index in [0.29, 0.717) is 38.0 Å². The number of hydrogen-bond donors (Lipinski definition) is 1. The number of carbonyl (C=O) groups is 2. The summed E-state index contributed by atoms with van der Waals surface area (Å²) >= 11 is 0. The van der Waals surface area contributed by atoms with E-state index < -0.39 is 10.0 Å². The molecule has 1 N–H and O–H groups in total. The van der Waals surface area contributed by atoms with Gasteiger partial charge in [0, 0.05) is 32.2 Å². The first-order valence-electron chi connectivity index (χ1n) is 10.0. The molecule has 160 valence electrons. The Bertz CT molecular complexity index is 1020.